The first-order chi connectivity index (χ1) is 11.4. The molecule has 2 aliphatic heterocycles. The Balaban J connectivity index is 1.99. The molecular weight excluding hydrogens is 328 g/mol. The number of urea groups is 1. The highest BCUT2D eigenvalue weighted by atomic mass is 35.5. The normalized spacial score (nSPS) is 20.2. The Labute approximate surface area is 146 Å². The van der Waals surface area contributed by atoms with Gasteiger partial charge in [0, 0.05) is 17.8 Å². The summed E-state index contributed by atoms with van der Waals surface area (Å²) in [6, 6.07) is 7.10. The zero-order valence-corrected chi connectivity index (χ0v) is 14.9. The van der Waals surface area contributed by atoms with Gasteiger partial charge >= 0.3 is 6.03 Å². The molecule has 3 rings (SSSR count). The number of carbonyl (C=O) groups is 2. The van der Waals surface area contributed by atoms with Gasteiger partial charge in [0.1, 0.15) is 24.6 Å². The number of nitrogens with zero attached hydrogens (tertiary/aromatic N) is 4. The van der Waals surface area contributed by atoms with Crippen LogP contribution in [0.1, 0.15) is 26.7 Å². The van der Waals surface area contributed by atoms with Crippen LogP contribution in [0.3, 0.4) is 0 Å². The molecular formula is C17H21ClN4O2. The Morgan fingerprint density at radius 3 is 2.38 bits per heavy atom. The fourth-order valence-electron chi connectivity index (χ4n) is 3.45. The average Bonchev–Trinajstić information content (AvgIpc) is 2.61. The van der Waals surface area contributed by atoms with Gasteiger partial charge in [-0.1, -0.05) is 25.4 Å². The van der Waals surface area contributed by atoms with Crippen LogP contribution >= 0.6 is 11.6 Å². The largest absolute Gasteiger partial charge is 0.334 e. The number of amides is 3. The van der Waals surface area contributed by atoms with Crippen LogP contribution in [0.4, 0.5) is 10.5 Å². The molecule has 128 valence electrons. The summed E-state index contributed by atoms with van der Waals surface area (Å²) >= 11 is 5.94. The summed E-state index contributed by atoms with van der Waals surface area (Å²) in [6.07, 6.45) is 1.24. The smallest absolute Gasteiger partial charge is 0.333 e. The van der Waals surface area contributed by atoms with E-state index in [1.807, 2.05) is 43.0 Å². The third-order valence-corrected chi connectivity index (χ3v) is 5.27. The molecule has 0 unspecified atom stereocenters. The van der Waals surface area contributed by atoms with Gasteiger partial charge in [0.15, 0.2) is 0 Å². The van der Waals surface area contributed by atoms with Crippen LogP contribution in [0.15, 0.2) is 29.3 Å². The Bertz CT molecular complexity index is 697. The number of hydrogen-bond donors (Lipinski definition) is 0. The molecule has 1 aromatic rings. The first-order valence-electron chi connectivity index (χ1n) is 8.09. The van der Waals surface area contributed by atoms with Crippen molar-refractivity contribution in [3.05, 3.63) is 29.3 Å². The topological polar surface area (TPSA) is 56.2 Å². The number of carbonyl (C=O) groups excluding carboxylic acids is 2. The van der Waals surface area contributed by atoms with Gasteiger partial charge in [-0.3, -0.25) is 14.6 Å². The molecule has 1 aromatic carbocycles. The number of aliphatic imine (C=N–C) groups is 1. The van der Waals surface area contributed by atoms with E-state index < -0.39 is 5.41 Å². The van der Waals surface area contributed by atoms with Gasteiger partial charge in [-0.2, -0.15) is 0 Å². The van der Waals surface area contributed by atoms with E-state index >= 15 is 0 Å². The maximum Gasteiger partial charge on any atom is 0.333 e. The van der Waals surface area contributed by atoms with Crippen LogP contribution in [0.2, 0.25) is 5.02 Å². The number of amidine groups is 1. The van der Waals surface area contributed by atoms with Crippen LogP contribution in [-0.2, 0) is 4.79 Å². The van der Waals surface area contributed by atoms with E-state index in [2.05, 4.69) is 4.99 Å². The number of hydrogen-bond acceptors (Lipinski definition) is 4. The van der Waals surface area contributed by atoms with Crippen molar-refractivity contribution < 1.29 is 9.59 Å². The standard InChI is InChI=1S/C17H21ClN4O2/c1-4-17(5-2)14-19-10-21(13-8-6-12(18)7-9-13)11-22(14)16(24)20(3)15(17)23/h6-9H,4-5,10-11H2,1-3H3. The molecule has 0 atom stereocenters. The first-order valence-corrected chi connectivity index (χ1v) is 8.47. The maximum atomic E-state index is 12.7. The molecule has 6 nitrogen and oxygen atoms in total. The minimum Gasteiger partial charge on any atom is -0.334 e. The SMILES string of the molecule is CCC1(CC)C(=O)N(C)C(=O)N2CN(c3ccc(Cl)cc3)CN=C21. The van der Waals surface area contributed by atoms with Crippen LogP contribution in [-0.4, -0.2) is 48.0 Å². The van der Waals surface area contributed by atoms with E-state index in [-0.39, 0.29) is 11.9 Å². The molecule has 7 heteroatoms. The molecule has 3 amide bonds. The van der Waals surface area contributed by atoms with Gasteiger partial charge < -0.3 is 4.90 Å². The molecule has 24 heavy (non-hydrogen) atoms. The molecule has 2 aliphatic rings. The van der Waals surface area contributed by atoms with E-state index in [9.17, 15) is 9.59 Å². The van der Waals surface area contributed by atoms with E-state index in [1.54, 1.807) is 11.9 Å². The summed E-state index contributed by atoms with van der Waals surface area (Å²) < 4.78 is 0. The monoisotopic (exact) mass is 348 g/mol. The van der Waals surface area contributed by atoms with Crippen LogP contribution in [0, 0.1) is 5.41 Å². The van der Waals surface area contributed by atoms with Crippen molar-refractivity contribution in [3.63, 3.8) is 0 Å². The Hall–Kier alpha value is -2.08. The van der Waals surface area contributed by atoms with Crippen molar-refractivity contribution in [2.45, 2.75) is 26.7 Å². The number of anilines is 1. The lowest BCUT2D eigenvalue weighted by Crippen LogP contribution is -2.67. The molecule has 0 spiro atoms. The van der Waals surface area contributed by atoms with Gasteiger partial charge in [0.2, 0.25) is 5.91 Å². The minimum absolute atomic E-state index is 0.160. The van der Waals surface area contributed by atoms with Crippen molar-refractivity contribution in [3.8, 4) is 0 Å². The van der Waals surface area contributed by atoms with Crippen molar-refractivity contribution in [1.29, 1.82) is 0 Å². The number of benzene rings is 1. The zero-order valence-electron chi connectivity index (χ0n) is 14.1. The van der Waals surface area contributed by atoms with E-state index in [0.717, 1.165) is 5.69 Å². The summed E-state index contributed by atoms with van der Waals surface area (Å²) in [7, 11) is 1.54. The van der Waals surface area contributed by atoms with Gasteiger partial charge in [-0.05, 0) is 37.1 Å². The maximum absolute atomic E-state index is 12.7. The van der Waals surface area contributed by atoms with Crippen molar-refractivity contribution >= 4 is 35.1 Å². The average molecular weight is 349 g/mol. The van der Waals surface area contributed by atoms with Crippen LogP contribution < -0.4 is 4.90 Å². The summed E-state index contributed by atoms with van der Waals surface area (Å²) in [5.74, 6) is 0.443. The molecule has 0 N–H and O–H groups in total. The zero-order chi connectivity index (χ0) is 17.5. The van der Waals surface area contributed by atoms with Gasteiger partial charge in [-0.15, -0.1) is 0 Å². The summed E-state index contributed by atoms with van der Waals surface area (Å²) in [5.41, 5.74) is 0.225. The third-order valence-electron chi connectivity index (χ3n) is 5.02. The number of rotatable bonds is 3. The fraction of sp³-hybridized carbons (Fsp3) is 0.471. The summed E-state index contributed by atoms with van der Waals surface area (Å²) in [4.78, 5) is 34.8. The Morgan fingerprint density at radius 2 is 1.79 bits per heavy atom. The summed E-state index contributed by atoms with van der Waals surface area (Å²) in [6.45, 7) is 4.73. The fourth-order valence-corrected chi connectivity index (χ4v) is 3.58. The molecule has 0 aliphatic carbocycles. The molecule has 0 aromatic heterocycles. The molecule has 1 saturated heterocycles. The van der Waals surface area contributed by atoms with Crippen molar-refractivity contribution in [2.75, 3.05) is 25.3 Å². The predicted molar refractivity (Wildman–Crippen MR) is 94.1 cm³/mol. The van der Waals surface area contributed by atoms with Crippen molar-refractivity contribution in [2.24, 2.45) is 10.4 Å². The lowest BCUT2D eigenvalue weighted by molar-refractivity contribution is -0.136. The van der Waals surface area contributed by atoms with E-state index in [4.69, 9.17) is 11.6 Å². The molecule has 0 bridgehead atoms. The first kappa shape index (κ1) is 16.8. The Kier molecular flexibility index (Phi) is 4.25. The predicted octanol–water partition coefficient (Wildman–Crippen LogP) is 3.17. The second-order valence-electron chi connectivity index (χ2n) is 6.14. The third kappa shape index (κ3) is 2.36. The summed E-state index contributed by atoms with van der Waals surface area (Å²) in [5, 5.41) is 0.662. The quantitative estimate of drug-likeness (QED) is 0.843. The highest BCUT2D eigenvalue weighted by Gasteiger charge is 2.53. The van der Waals surface area contributed by atoms with E-state index in [1.165, 1.54) is 4.90 Å². The second kappa shape index (κ2) is 6.09. The Morgan fingerprint density at radius 1 is 1.17 bits per heavy atom. The molecule has 1 fully saturated rings. The van der Waals surface area contributed by atoms with E-state index in [0.29, 0.717) is 37.0 Å². The van der Waals surface area contributed by atoms with Crippen molar-refractivity contribution in [1.82, 2.24) is 9.80 Å². The van der Waals surface area contributed by atoms with Gasteiger partial charge in [0.05, 0.1) is 0 Å². The number of imide groups is 1. The second-order valence-corrected chi connectivity index (χ2v) is 6.58. The minimum atomic E-state index is -0.714. The molecule has 2 heterocycles. The van der Waals surface area contributed by atoms with Gasteiger partial charge in [-0.25, -0.2) is 9.79 Å². The van der Waals surface area contributed by atoms with Crippen LogP contribution in [0.25, 0.3) is 0 Å². The lowest BCUT2D eigenvalue weighted by atomic mass is 9.77. The number of halogens is 1. The van der Waals surface area contributed by atoms with Crippen LogP contribution in [0.5, 0.6) is 0 Å². The molecule has 0 radical (unpaired) electrons. The highest BCUT2D eigenvalue weighted by Crippen LogP contribution is 2.38. The molecule has 0 saturated carbocycles. The van der Waals surface area contributed by atoms with Gasteiger partial charge in [0.25, 0.3) is 0 Å². The number of fused-ring (bicyclic) bond motifs is 1. The lowest BCUT2D eigenvalue weighted by Gasteiger charge is -2.48. The highest BCUT2D eigenvalue weighted by molar-refractivity contribution is 6.30.